The molecule has 2 aromatic rings. The van der Waals surface area contributed by atoms with Crippen LogP contribution in [0, 0.1) is 11.6 Å². The summed E-state index contributed by atoms with van der Waals surface area (Å²) in [5.41, 5.74) is 1.41. The van der Waals surface area contributed by atoms with Crippen LogP contribution in [0.2, 0.25) is 0 Å². The van der Waals surface area contributed by atoms with Crippen molar-refractivity contribution >= 4 is 0 Å². The number of hydrogen-bond donors (Lipinski definition) is 1. The van der Waals surface area contributed by atoms with Crippen LogP contribution >= 0.6 is 0 Å². The lowest BCUT2D eigenvalue weighted by molar-refractivity contribution is 0.422. The van der Waals surface area contributed by atoms with E-state index in [1.54, 1.807) is 12.4 Å². The third-order valence-corrected chi connectivity index (χ3v) is 3.09. The Balaban J connectivity index is 1.95. The fourth-order valence-corrected chi connectivity index (χ4v) is 2.04. The van der Waals surface area contributed by atoms with Crippen LogP contribution in [0.15, 0.2) is 30.6 Å². The molecule has 1 N–H and O–H groups in total. The molecule has 0 radical (unpaired) electrons. The quantitative estimate of drug-likeness (QED) is 0.855. The van der Waals surface area contributed by atoms with Crippen molar-refractivity contribution < 1.29 is 8.78 Å². The Morgan fingerprint density at radius 1 is 1.24 bits per heavy atom. The Bertz CT molecular complexity index is 600. The number of benzene rings is 1. The third kappa shape index (κ3) is 4.63. The van der Waals surface area contributed by atoms with Crippen LogP contribution in [-0.2, 0) is 6.42 Å². The predicted octanol–water partition coefficient (Wildman–Crippen LogP) is 3.47. The van der Waals surface area contributed by atoms with E-state index >= 15 is 0 Å². The monoisotopic (exact) mass is 293 g/mol. The van der Waals surface area contributed by atoms with E-state index in [1.165, 1.54) is 16.8 Å². The van der Waals surface area contributed by atoms with Gasteiger partial charge in [0.15, 0.2) is 5.82 Å². The van der Waals surface area contributed by atoms with Crippen molar-refractivity contribution in [2.75, 3.05) is 6.54 Å². The predicted molar refractivity (Wildman–Crippen MR) is 79.6 cm³/mol. The van der Waals surface area contributed by atoms with Gasteiger partial charge in [-0.3, -0.25) is 0 Å². The summed E-state index contributed by atoms with van der Waals surface area (Å²) in [7, 11) is 0. The van der Waals surface area contributed by atoms with Crippen molar-refractivity contribution in [3.8, 4) is 5.69 Å². The van der Waals surface area contributed by atoms with E-state index in [-0.39, 0.29) is 11.2 Å². The number of hydrogen-bond acceptors (Lipinski definition) is 2. The van der Waals surface area contributed by atoms with Crippen molar-refractivity contribution in [2.45, 2.75) is 39.2 Å². The molecule has 0 aliphatic heterocycles. The van der Waals surface area contributed by atoms with Gasteiger partial charge in [-0.2, -0.15) is 5.10 Å². The standard InChI is InChI=1S/C16H21F2N3/c1-16(2,3)19-8-4-5-12-10-20-21(11-12)15-7-6-13(17)9-14(15)18/h6-7,9-11,19H,4-5,8H2,1-3H3. The van der Waals surface area contributed by atoms with Crippen LogP contribution < -0.4 is 5.32 Å². The fraction of sp³-hybridized carbons (Fsp3) is 0.438. The van der Waals surface area contributed by atoms with Crippen LogP contribution in [0.1, 0.15) is 32.8 Å². The zero-order valence-corrected chi connectivity index (χ0v) is 12.7. The first kappa shape index (κ1) is 15.6. The van der Waals surface area contributed by atoms with Crippen LogP contribution in [0.5, 0.6) is 0 Å². The smallest absolute Gasteiger partial charge is 0.151 e. The maximum absolute atomic E-state index is 13.7. The SMILES string of the molecule is CC(C)(C)NCCCc1cnn(-c2ccc(F)cc2F)c1. The van der Waals surface area contributed by atoms with Gasteiger partial charge in [0.1, 0.15) is 11.5 Å². The molecule has 0 atom stereocenters. The van der Waals surface area contributed by atoms with Gasteiger partial charge in [-0.25, -0.2) is 13.5 Å². The topological polar surface area (TPSA) is 29.9 Å². The molecule has 1 aromatic heterocycles. The van der Waals surface area contributed by atoms with Gasteiger partial charge in [0.2, 0.25) is 0 Å². The third-order valence-electron chi connectivity index (χ3n) is 3.09. The number of nitrogens with zero attached hydrogens (tertiary/aromatic N) is 2. The number of nitrogens with one attached hydrogen (secondary N) is 1. The average Bonchev–Trinajstić information content (AvgIpc) is 2.82. The summed E-state index contributed by atoms with van der Waals surface area (Å²) in [6.45, 7) is 7.30. The minimum absolute atomic E-state index is 0.113. The zero-order valence-electron chi connectivity index (χ0n) is 12.7. The average molecular weight is 293 g/mol. The van der Waals surface area contributed by atoms with Crippen molar-refractivity contribution in [3.05, 3.63) is 47.8 Å². The summed E-state index contributed by atoms with van der Waals surface area (Å²) in [6.07, 6.45) is 5.36. The summed E-state index contributed by atoms with van der Waals surface area (Å²) in [5, 5.41) is 7.56. The summed E-state index contributed by atoms with van der Waals surface area (Å²) >= 11 is 0. The van der Waals surface area contributed by atoms with Gasteiger partial charge >= 0.3 is 0 Å². The zero-order chi connectivity index (χ0) is 15.5. The van der Waals surface area contributed by atoms with Gasteiger partial charge in [-0.05, 0) is 57.9 Å². The Hall–Kier alpha value is -1.75. The Morgan fingerprint density at radius 3 is 2.67 bits per heavy atom. The lowest BCUT2D eigenvalue weighted by atomic mass is 10.1. The molecule has 2 rings (SSSR count). The highest BCUT2D eigenvalue weighted by molar-refractivity contribution is 5.33. The maximum atomic E-state index is 13.7. The van der Waals surface area contributed by atoms with E-state index in [1.807, 2.05) is 0 Å². The summed E-state index contributed by atoms with van der Waals surface area (Å²) in [6, 6.07) is 3.49. The first-order valence-corrected chi connectivity index (χ1v) is 7.09. The molecule has 1 heterocycles. The molecule has 0 saturated heterocycles. The molecule has 114 valence electrons. The highest BCUT2D eigenvalue weighted by atomic mass is 19.1. The van der Waals surface area contributed by atoms with Gasteiger partial charge in [-0.15, -0.1) is 0 Å². The molecule has 0 aliphatic carbocycles. The van der Waals surface area contributed by atoms with Gasteiger partial charge in [0, 0.05) is 17.8 Å². The van der Waals surface area contributed by atoms with E-state index in [0.29, 0.717) is 0 Å². The number of halogens is 2. The molecule has 0 amide bonds. The number of aryl methyl sites for hydroxylation is 1. The molecular weight excluding hydrogens is 272 g/mol. The molecule has 3 nitrogen and oxygen atoms in total. The summed E-state index contributed by atoms with van der Waals surface area (Å²) in [5.74, 6) is -1.20. The van der Waals surface area contributed by atoms with Gasteiger partial charge in [0.05, 0.1) is 6.20 Å². The van der Waals surface area contributed by atoms with Crippen molar-refractivity contribution in [2.24, 2.45) is 0 Å². The minimum Gasteiger partial charge on any atom is -0.312 e. The second-order valence-electron chi connectivity index (χ2n) is 6.17. The van der Waals surface area contributed by atoms with Crippen LogP contribution in [0.4, 0.5) is 8.78 Å². The highest BCUT2D eigenvalue weighted by Gasteiger charge is 2.09. The lowest BCUT2D eigenvalue weighted by Gasteiger charge is -2.20. The van der Waals surface area contributed by atoms with E-state index in [9.17, 15) is 8.78 Å². The van der Waals surface area contributed by atoms with E-state index in [4.69, 9.17) is 0 Å². The Labute approximate surface area is 124 Å². The van der Waals surface area contributed by atoms with Gasteiger partial charge in [-0.1, -0.05) is 0 Å². The lowest BCUT2D eigenvalue weighted by Crippen LogP contribution is -2.36. The second-order valence-corrected chi connectivity index (χ2v) is 6.17. The number of rotatable bonds is 5. The van der Waals surface area contributed by atoms with Gasteiger partial charge < -0.3 is 5.32 Å². The van der Waals surface area contributed by atoms with Crippen molar-refractivity contribution in [1.82, 2.24) is 15.1 Å². The van der Waals surface area contributed by atoms with Crippen molar-refractivity contribution in [3.63, 3.8) is 0 Å². The first-order valence-electron chi connectivity index (χ1n) is 7.09. The van der Waals surface area contributed by atoms with E-state index < -0.39 is 11.6 Å². The first-order chi connectivity index (χ1) is 9.85. The second kappa shape index (κ2) is 6.35. The molecule has 0 spiro atoms. The molecule has 21 heavy (non-hydrogen) atoms. The molecular formula is C16H21F2N3. The molecule has 5 heteroatoms. The molecule has 0 bridgehead atoms. The molecule has 1 aromatic carbocycles. The molecule has 0 fully saturated rings. The van der Waals surface area contributed by atoms with E-state index in [0.717, 1.165) is 31.0 Å². The van der Waals surface area contributed by atoms with Crippen LogP contribution in [-0.4, -0.2) is 21.9 Å². The van der Waals surface area contributed by atoms with Crippen LogP contribution in [0.25, 0.3) is 5.69 Å². The fourth-order valence-electron chi connectivity index (χ4n) is 2.04. The van der Waals surface area contributed by atoms with Gasteiger partial charge in [0.25, 0.3) is 0 Å². The Kier molecular flexibility index (Phi) is 4.73. The molecule has 0 unspecified atom stereocenters. The minimum atomic E-state index is -0.612. The largest absolute Gasteiger partial charge is 0.312 e. The van der Waals surface area contributed by atoms with Crippen LogP contribution in [0.3, 0.4) is 0 Å². The molecule has 0 saturated carbocycles. The Morgan fingerprint density at radius 2 is 2.00 bits per heavy atom. The molecule has 0 aliphatic rings. The number of aromatic nitrogens is 2. The summed E-state index contributed by atoms with van der Waals surface area (Å²) in [4.78, 5) is 0. The van der Waals surface area contributed by atoms with E-state index in [2.05, 4.69) is 31.2 Å². The normalized spacial score (nSPS) is 11.9. The van der Waals surface area contributed by atoms with Crippen molar-refractivity contribution in [1.29, 1.82) is 0 Å². The maximum Gasteiger partial charge on any atom is 0.151 e. The summed E-state index contributed by atoms with van der Waals surface area (Å²) < 4.78 is 28.0. The highest BCUT2D eigenvalue weighted by Crippen LogP contribution is 2.15.